The van der Waals surface area contributed by atoms with Gasteiger partial charge in [-0.15, -0.1) is 0 Å². The number of hydrogen-bond acceptors (Lipinski definition) is 1. The predicted octanol–water partition coefficient (Wildman–Crippen LogP) is 2.67. The van der Waals surface area contributed by atoms with Crippen LogP contribution >= 0.6 is 0 Å². The van der Waals surface area contributed by atoms with Crippen molar-refractivity contribution < 1.29 is 4.74 Å². The van der Waals surface area contributed by atoms with Gasteiger partial charge < -0.3 is 9.72 Å². The standard InChI is InChI=1S/C12H13NO/c1-14-10-6-5-8-3-2-4-9-7-13-12(10)11(8)9/h5-7,13H,2-4H2,1H3. The number of benzene rings is 1. The number of aromatic amines is 1. The molecule has 1 N–H and O–H groups in total. The monoisotopic (exact) mass is 187 g/mol. The number of nitrogens with one attached hydrogen (secondary N) is 1. The van der Waals surface area contributed by atoms with Gasteiger partial charge in [0, 0.05) is 11.6 Å². The summed E-state index contributed by atoms with van der Waals surface area (Å²) in [5.41, 5.74) is 4.07. The van der Waals surface area contributed by atoms with Crippen LogP contribution in [0, 0.1) is 0 Å². The summed E-state index contributed by atoms with van der Waals surface area (Å²) in [5, 5.41) is 1.40. The van der Waals surface area contributed by atoms with Gasteiger partial charge in [0.1, 0.15) is 5.75 Å². The minimum Gasteiger partial charge on any atom is -0.495 e. The Labute approximate surface area is 82.9 Å². The molecule has 1 aliphatic carbocycles. The number of methoxy groups -OCH3 is 1. The van der Waals surface area contributed by atoms with E-state index in [0.29, 0.717) is 0 Å². The van der Waals surface area contributed by atoms with Gasteiger partial charge in [0.2, 0.25) is 0 Å². The maximum Gasteiger partial charge on any atom is 0.142 e. The quantitative estimate of drug-likeness (QED) is 0.729. The molecular weight excluding hydrogens is 174 g/mol. The van der Waals surface area contributed by atoms with E-state index >= 15 is 0 Å². The minimum atomic E-state index is 0.955. The van der Waals surface area contributed by atoms with Gasteiger partial charge in [0.05, 0.1) is 12.6 Å². The molecule has 0 radical (unpaired) electrons. The summed E-state index contributed by atoms with van der Waals surface area (Å²) in [5.74, 6) is 0.955. The van der Waals surface area contributed by atoms with Crippen LogP contribution < -0.4 is 4.74 Å². The predicted molar refractivity (Wildman–Crippen MR) is 56.9 cm³/mol. The molecule has 0 amide bonds. The van der Waals surface area contributed by atoms with Gasteiger partial charge in [-0.2, -0.15) is 0 Å². The first-order valence-corrected chi connectivity index (χ1v) is 5.06. The SMILES string of the molecule is COc1ccc2c3c(c[nH]c13)CCC2. The highest BCUT2D eigenvalue weighted by molar-refractivity contribution is 5.92. The zero-order valence-corrected chi connectivity index (χ0v) is 8.26. The number of H-pyrrole nitrogens is 1. The Morgan fingerprint density at radius 3 is 2.93 bits per heavy atom. The minimum absolute atomic E-state index is 0.955. The summed E-state index contributed by atoms with van der Waals surface area (Å²) in [6, 6.07) is 4.25. The summed E-state index contributed by atoms with van der Waals surface area (Å²) < 4.78 is 5.33. The fraction of sp³-hybridized carbons (Fsp3) is 0.333. The first kappa shape index (κ1) is 7.92. The normalized spacial score (nSPS) is 14.6. The Balaban J connectivity index is 2.40. The Morgan fingerprint density at radius 2 is 2.07 bits per heavy atom. The number of aryl methyl sites for hydroxylation is 2. The molecule has 72 valence electrons. The second-order valence-corrected chi connectivity index (χ2v) is 3.84. The molecule has 0 atom stereocenters. The summed E-state index contributed by atoms with van der Waals surface area (Å²) in [7, 11) is 1.72. The van der Waals surface area contributed by atoms with Crippen molar-refractivity contribution in [2.45, 2.75) is 19.3 Å². The van der Waals surface area contributed by atoms with Crippen LogP contribution in [0.2, 0.25) is 0 Å². The summed E-state index contributed by atoms with van der Waals surface area (Å²) in [6.07, 6.45) is 5.79. The molecule has 1 aromatic heterocycles. The van der Waals surface area contributed by atoms with Gasteiger partial charge >= 0.3 is 0 Å². The summed E-state index contributed by atoms with van der Waals surface area (Å²) >= 11 is 0. The highest BCUT2D eigenvalue weighted by Gasteiger charge is 2.15. The Hall–Kier alpha value is -1.44. The summed E-state index contributed by atoms with van der Waals surface area (Å²) in [6.45, 7) is 0. The molecule has 14 heavy (non-hydrogen) atoms. The van der Waals surface area contributed by atoms with Crippen LogP contribution in [0.5, 0.6) is 5.75 Å². The van der Waals surface area contributed by atoms with Crippen LogP contribution in [0.25, 0.3) is 10.9 Å². The van der Waals surface area contributed by atoms with E-state index in [4.69, 9.17) is 4.74 Å². The lowest BCUT2D eigenvalue weighted by molar-refractivity contribution is 0.419. The molecule has 1 aromatic carbocycles. The second-order valence-electron chi connectivity index (χ2n) is 3.84. The van der Waals surface area contributed by atoms with Crippen molar-refractivity contribution in [3.05, 3.63) is 29.5 Å². The Bertz CT molecular complexity index is 484. The van der Waals surface area contributed by atoms with E-state index in [9.17, 15) is 0 Å². The molecule has 2 aromatic rings. The maximum absolute atomic E-state index is 5.33. The highest BCUT2D eigenvalue weighted by atomic mass is 16.5. The van der Waals surface area contributed by atoms with Crippen molar-refractivity contribution in [2.24, 2.45) is 0 Å². The number of hydrogen-bond donors (Lipinski definition) is 1. The van der Waals surface area contributed by atoms with Crippen molar-refractivity contribution in [3.8, 4) is 5.75 Å². The Morgan fingerprint density at radius 1 is 1.21 bits per heavy atom. The number of rotatable bonds is 1. The first-order valence-electron chi connectivity index (χ1n) is 5.06. The van der Waals surface area contributed by atoms with Crippen molar-refractivity contribution in [3.63, 3.8) is 0 Å². The lowest BCUT2D eigenvalue weighted by Gasteiger charge is -2.13. The fourth-order valence-corrected chi connectivity index (χ4v) is 2.41. The third-order valence-corrected chi connectivity index (χ3v) is 3.08. The van der Waals surface area contributed by atoms with Crippen LogP contribution in [0.1, 0.15) is 17.5 Å². The van der Waals surface area contributed by atoms with Crippen molar-refractivity contribution in [2.75, 3.05) is 7.11 Å². The number of ether oxygens (including phenoxy) is 1. The van der Waals surface area contributed by atoms with E-state index in [1.54, 1.807) is 7.11 Å². The molecule has 0 aliphatic heterocycles. The zero-order chi connectivity index (χ0) is 9.54. The molecule has 3 rings (SSSR count). The van der Waals surface area contributed by atoms with E-state index in [1.165, 1.54) is 41.3 Å². The van der Waals surface area contributed by atoms with Crippen LogP contribution in [0.3, 0.4) is 0 Å². The molecule has 0 saturated carbocycles. The maximum atomic E-state index is 5.33. The zero-order valence-electron chi connectivity index (χ0n) is 8.26. The average molecular weight is 187 g/mol. The molecule has 0 unspecified atom stereocenters. The number of aromatic nitrogens is 1. The molecule has 1 heterocycles. The lowest BCUT2D eigenvalue weighted by atomic mass is 9.93. The molecule has 2 heteroatoms. The first-order chi connectivity index (χ1) is 6.90. The fourth-order valence-electron chi connectivity index (χ4n) is 2.41. The van der Waals surface area contributed by atoms with E-state index in [2.05, 4.69) is 23.3 Å². The topological polar surface area (TPSA) is 25.0 Å². The van der Waals surface area contributed by atoms with Gasteiger partial charge in [0.15, 0.2) is 0 Å². The lowest BCUT2D eigenvalue weighted by Crippen LogP contribution is -1.98. The van der Waals surface area contributed by atoms with E-state index in [1.807, 2.05) is 0 Å². The van der Waals surface area contributed by atoms with Crippen molar-refractivity contribution in [1.29, 1.82) is 0 Å². The van der Waals surface area contributed by atoms with E-state index in [-0.39, 0.29) is 0 Å². The molecule has 0 saturated heterocycles. The van der Waals surface area contributed by atoms with Gasteiger partial charge in [-0.3, -0.25) is 0 Å². The van der Waals surface area contributed by atoms with Gasteiger partial charge in [-0.1, -0.05) is 6.07 Å². The van der Waals surface area contributed by atoms with Gasteiger partial charge in [-0.05, 0) is 36.5 Å². The molecule has 0 bridgehead atoms. The second kappa shape index (κ2) is 2.77. The molecule has 2 nitrogen and oxygen atoms in total. The van der Waals surface area contributed by atoms with Crippen molar-refractivity contribution in [1.82, 2.24) is 4.98 Å². The molecule has 0 spiro atoms. The molecule has 0 fully saturated rings. The third kappa shape index (κ3) is 0.910. The van der Waals surface area contributed by atoms with Gasteiger partial charge in [-0.25, -0.2) is 0 Å². The highest BCUT2D eigenvalue weighted by Crippen LogP contribution is 2.34. The van der Waals surface area contributed by atoms with Crippen LogP contribution in [0.15, 0.2) is 18.3 Å². The average Bonchev–Trinajstić information content (AvgIpc) is 2.66. The van der Waals surface area contributed by atoms with Gasteiger partial charge in [0.25, 0.3) is 0 Å². The van der Waals surface area contributed by atoms with E-state index < -0.39 is 0 Å². The van der Waals surface area contributed by atoms with Crippen LogP contribution in [-0.2, 0) is 12.8 Å². The molecule has 1 aliphatic rings. The smallest absolute Gasteiger partial charge is 0.142 e. The van der Waals surface area contributed by atoms with Crippen LogP contribution in [-0.4, -0.2) is 12.1 Å². The summed E-state index contributed by atoms with van der Waals surface area (Å²) in [4.78, 5) is 3.31. The Kier molecular flexibility index (Phi) is 1.57. The third-order valence-electron chi connectivity index (χ3n) is 3.08. The van der Waals surface area contributed by atoms with Crippen LogP contribution in [0.4, 0.5) is 0 Å². The van der Waals surface area contributed by atoms with E-state index in [0.717, 1.165) is 5.75 Å². The molecular formula is C12H13NO. The largest absolute Gasteiger partial charge is 0.495 e. The van der Waals surface area contributed by atoms with Crippen molar-refractivity contribution >= 4 is 10.9 Å².